The molecule has 0 bridgehead atoms. The molecule has 0 saturated heterocycles. The number of carbonyl (C=O) groups is 1. The van der Waals surface area contributed by atoms with Crippen molar-refractivity contribution >= 4 is 55.8 Å². The molecule has 1 aromatic rings. The van der Waals surface area contributed by atoms with Gasteiger partial charge in [-0.05, 0) is 56.8 Å². The number of hydrogen-bond donors (Lipinski definition) is 2. The van der Waals surface area contributed by atoms with Crippen LogP contribution >= 0.6 is 31.9 Å². The fourth-order valence-electron chi connectivity index (χ4n) is 3.89. The monoisotopic (exact) mass is 496 g/mol. The Bertz CT molecular complexity index is 861. The molecule has 3 rings (SSSR count). The van der Waals surface area contributed by atoms with Crippen LogP contribution in [0.1, 0.15) is 54.9 Å². The smallest absolute Gasteiger partial charge is 0.202 e. The van der Waals surface area contributed by atoms with E-state index in [4.69, 9.17) is 10.7 Å². The predicted octanol–water partition coefficient (Wildman–Crippen LogP) is 4.44. The zero-order valence-electron chi connectivity index (χ0n) is 15.3. The van der Waals surface area contributed by atoms with E-state index in [1.54, 1.807) is 12.1 Å². The maximum absolute atomic E-state index is 12.6. The molecule has 3 N–H and O–H groups in total. The lowest BCUT2D eigenvalue weighted by atomic mass is 9.89. The predicted molar refractivity (Wildman–Crippen MR) is 117 cm³/mol. The van der Waals surface area contributed by atoms with E-state index in [1.165, 1.54) is 0 Å². The molecule has 27 heavy (non-hydrogen) atoms. The summed E-state index contributed by atoms with van der Waals surface area (Å²) in [6.45, 7) is 7.31. The summed E-state index contributed by atoms with van der Waals surface area (Å²) < 4.78 is 3.03. The summed E-state index contributed by atoms with van der Waals surface area (Å²) in [5.74, 6) is -0.239. The average molecular weight is 498 g/mol. The number of aromatic hydroxyl groups is 1. The number of carbonyl (C=O) groups excluding carboxylic acids is 1. The van der Waals surface area contributed by atoms with Crippen LogP contribution < -0.4 is 5.73 Å². The Morgan fingerprint density at radius 2 is 2.11 bits per heavy atom. The number of phenolic OH excluding ortho intramolecular Hbond substituents is 1. The van der Waals surface area contributed by atoms with E-state index in [-0.39, 0.29) is 17.6 Å². The summed E-state index contributed by atoms with van der Waals surface area (Å²) in [6, 6.07) is 2.08. The van der Waals surface area contributed by atoms with Crippen LogP contribution in [0.5, 0.6) is 5.75 Å². The number of nitrogens with zero attached hydrogens (tertiary/aromatic N) is 2. The average Bonchev–Trinajstić information content (AvgIpc) is 2.63. The number of nitrogens with two attached hydrogens (primary N) is 1. The number of benzene rings is 1. The first-order valence-corrected chi connectivity index (χ1v) is 10.8. The summed E-state index contributed by atoms with van der Waals surface area (Å²) in [4.78, 5) is 17.5. The van der Waals surface area contributed by atoms with Crippen molar-refractivity contribution in [2.45, 2.75) is 51.1 Å². The fourth-order valence-corrected chi connectivity index (χ4v) is 4.75. The van der Waals surface area contributed by atoms with Gasteiger partial charge in [0.15, 0.2) is 6.04 Å². The summed E-state index contributed by atoms with van der Waals surface area (Å²) in [5, 5.41) is 10.6. The molecular weight excluding hydrogens is 474 g/mol. The van der Waals surface area contributed by atoms with Crippen LogP contribution in [0.3, 0.4) is 0 Å². The van der Waals surface area contributed by atoms with Gasteiger partial charge in [0.05, 0.1) is 31.8 Å². The molecule has 1 fully saturated rings. The van der Waals surface area contributed by atoms with Crippen LogP contribution in [-0.4, -0.2) is 46.5 Å². The second-order valence-corrected chi connectivity index (χ2v) is 8.88. The quantitative estimate of drug-likeness (QED) is 0.279. The third-order valence-corrected chi connectivity index (χ3v) is 6.41. The number of ketones is 1. The van der Waals surface area contributed by atoms with Crippen molar-refractivity contribution in [3.63, 3.8) is 0 Å². The standard InChI is InChI=1S/C20H23Br2N3O2/c1-3-7-25(2)12-6-4-5-11(8-12)24-16-10-14(22)19(26)17-15(23)9-13(21)20(27)18(16)17/h9-12H,2-8H2,1H3,(H2-,23,24,26,27)/p+1. The second kappa shape index (κ2) is 8.27. The van der Waals surface area contributed by atoms with Crippen molar-refractivity contribution < 1.29 is 14.5 Å². The van der Waals surface area contributed by atoms with Gasteiger partial charge in [-0.3, -0.25) is 9.79 Å². The summed E-state index contributed by atoms with van der Waals surface area (Å²) in [6.07, 6.45) is 6.89. The Hall–Kier alpha value is -1.47. The van der Waals surface area contributed by atoms with E-state index in [1.807, 2.05) is 0 Å². The number of rotatable bonds is 4. The highest BCUT2D eigenvalue weighted by atomic mass is 79.9. The molecule has 2 atom stereocenters. The SMILES string of the molecule is C=[N+](CCC)C1CCCC(N=C2C=C(Br)C(=O)c3c(N)cc(Br)c(O)c32)C1. The molecular formula is C20H24Br2N3O2+. The van der Waals surface area contributed by atoms with Crippen LogP contribution in [0, 0.1) is 0 Å². The number of phenols is 1. The lowest BCUT2D eigenvalue weighted by molar-refractivity contribution is -0.562. The molecule has 0 aromatic heterocycles. The first kappa shape index (κ1) is 20.3. The first-order valence-electron chi connectivity index (χ1n) is 9.21. The van der Waals surface area contributed by atoms with Gasteiger partial charge in [0.25, 0.3) is 0 Å². The van der Waals surface area contributed by atoms with E-state index in [0.717, 1.165) is 38.6 Å². The normalized spacial score (nSPS) is 23.9. The third-order valence-electron chi connectivity index (χ3n) is 5.22. The lowest BCUT2D eigenvalue weighted by Crippen LogP contribution is -2.33. The number of halogens is 2. The van der Waals surface area contributed by atoms with Crippen molar-refractivity contribution in [3.8, 4) is 5.75 Å². The van der Waals surface area contributed by atoms with E-state index in [0.29, 0.717) is 37.5 Å². The molecule has 2 unspecified atom stereocenters. The Kier molecular flexibility index (Phi) is 6.21. The van der Waals surface area contributed by atoms with Gasteiger partial charge in [-0.15, -0.1) is 0 Å². The van der Waals surface area contributed by atoms with E-state index < -0.39 is 0 Å². The Balaban J connectivity index is 1.99. The minimum absolute atomic E-state index is 0.000299. The van der Waals surface area contributed by atoms with Gasteiger partial charge in [-0.25, -0.2) is 4.58 Å². The third kappa shape index (κ3) is 4.04. The second-order valence-electron chi connectivity index (χ2n) is 7.17. The highest BCUT2D eigenvalue weighted by Gasteiger charge is 2.32. The molecule has 2 aliphatic rings. The molecule has 0 heterocycles. The molecule has 0 amide bonds. The maximum Gasteiger partial charge on any atom is 0.202 e. The van der Waals surface area contributed by atoms with Crippen LogP contribution in [0.15, 0.2) is 26.1 Å². The van der Waals surface area contributed by atoms with E-state index in [2.05, 4.69) is 50.1 Å². The number of fused-ring (bicyclic) bond motifs is 1. The van der Waals surface area contributed by atoms with Crippen molar-refractivity contribution in [1.82, 2.24) is 0 Å². The molecule has 0 radical (unpaired) electrons. The molecule has 0 aliphatic heterocycles. The van der Waals surface area contributed by atoms with E-state index in [9.17, 15) is 9.90 Å². The van der Waals surface area contributed by atoms with Crippen molar-refractivity contribution in [1.29, 1.82) is 0 Å². The minimum atomic E-state index is -0.238. The van der Waals surface area contributed by atoms with Crippen LogP contribution in [0.25, 0.3) is 0 Å². The Morgan fingerprint density at radius 1 is 1.37 bits per heavy atom. The minimum Gasteiger partial charge on any atom is -0.506 e. The Labute approximate surface area is 176 Å². The molecule has 144 valence electrons. The van der Waals surface area contributed by atoms with Crippen LogP contribution in [0.4, 0.5) is 5.69 Å². The molecule has 5 nitrogen and oxygen atoms in total. The highest BCUT2D eigenvalue weighted by Crippen LogP contribution is 2.40. The van der Waals surface area contributed by atoms with Gasteiger partial charge in [0, 0.05) is 24.9 Å². The largest absolute Gasteiger partial charge is 0.506 e. The van der Waals surface area contributed by atoms with Gasteiger partial charge in [-0.1, -0.05) is 6.92 Å². The van der Waals surface area contributed by atoms with E-state index >= 15 is 0 Å². The number of anilines is 1. The number of hydrogen-bond acceptors (Lipinski definition) is 4. The zero-order chi connectivity index (χ0) is 19.7. The molecule has 1 aromatic carbocycles. The van der Waals surface area contributed by atoms with Crippen LogP contribution in [-0.2, 0) is 0 Å². The number of aliphatic imine (C=N–C) groups is 1. The number of Topliss-reactive ketones (excluding diaryl/α,β-unsaturated/α-hetero) is 1. The topological polar surface area (TPSA) is 78.7 Å². The summed E-state index contributed by atoms with van der Waals surface area (Å²) in [7, 11) is 0. The van der Waals surface area contributed by atoms with Gasteiger partial charge in [0.2, 0.25) is 5.78 Å². The first-order chi connectivity index (χ1) is 12.8. The number of allylic oxidation sites excluding steroid dienone is 2. The summed E-state index contributed by atoms with van der Waals surface area (Å²) in [5.41, 5.74) is 7.72. The van der Waals surface area contributed by atoms with Crippen molar-refractivity contribution in [2.24, 2.45) is 4.99 Å². The van der Waals surface area contributed by atoms with Crippen molar-refractivity contribution in [2.75, 3.05) is 12.3 Å². The molecule has 7 heteroatoms. The Morgan fingerprint density at radius 3 is 2.81 bits per heavy atom. The maximum atomic E-state index is 12.6. The fraction of sp³-hybridized carbons (Fsp3) is 0.450. The van der Waals surface area contributed by atoms with Crippen LogP contribution in [0.2, 0.25) is 0 Å². The van der Waals surface area contributed by atoms with Gasteiger partial charge in [0.1, 0.15) is 19.0 Å². The highest BCUT2D eigenvalue weighted by molar-refractivity contribution is 9.12. The molecule has 2 aliphatic carbocycles. The lowest BCUT2D eigenvalue weighted by Gasteiger charge is -2.26. The summed E-state index contributed by atoms with van der Waals surface area (Å²) >= 11 is 6.64. The number of nitrogen functional groups attached to an aromatic ring is 1. The van der Waals surface area contributed by atoms with Crippen molar-refractivity contribution in [3.05, 3.63) is 32.2 Å². The van der Waals surface area contributed by atoms with Gasteiger partial charge in [-0.2, -0.15) is 0 Å². The molecule has 1 saturated carbocycles. The zero-order valence-corrected chi connectivity index (χ0v) is 18.5. The van der Waals surface area contributed by atoms with Gasteiger partial charge >= 0.3 is 0 Å². The van der Waals surface area contributed by atoms with Gasteiger partial charge < -0.3 is 10.8 Å². The molecule has 0 spiro atoms.